The zero-order valence-corrected chi connectivity index (χ0v) is 26.4. The van der Waals surface area contributed by atoms with E-state index in [4.69, 9.17) is 8.83 Å². The molecular formula is C39H34N4O2+2. The van der Waals surface area contributed by atoms with Crippen molar-refractivity contribution >= 4 is 44.1 Å². The smallest absolute Gasteiger partial charge is 0.227 e. The minimum atomic E-state index is 0.686. The number of hydrogen-bond acceptors (Lipinski definition) is 4. The van der Waals surface area contributed by atoms with Crippen molar-refractivity contribution in [3.8, 4) is 22.5 Å². The third kappa shape index (κ3) is 4.40. The lowest BCUT2D eigenvalue weighted by Crippen LogP contribution is -2.32. The Labute approximate surface area is 261 Å². The van der Waals surface area contributed by atoms with Crippen molar-refractivity contribution in [2.75, 3.05) is 0 Å². The Morgan fingerprint density at radius 3 is 1.36 bits per heavy atom. The van der Waals surface area contributed by atoms with E-state index in [2.05, 4.69) is 120 Å². The number of hydrogen-bond donors (Lipinski definition) is 0. The molecule has 2 aromatic carbocycles. The van der Waals surface area contributed by atoms with Gasteiger partial charge >= 0.3 is 0 Å². The Morgan fingerprint density at radius 2 is 0.933 bits per heavy atom. The number of pyridine rings is 4. The molecule has 0 N–H and O–H groups in total. The van der Waals surface area contributed by atoms with Gasteiger partial charge in [-0.3, -0.25) is 0 Å². The number of rotatable bonds is 4. The van der Waals surface area contributed by atoms with Gasteiger partial charge in [0.15, 0.2) is 23.6 Å². The summed E-state index contributed by atoms with van der Waals surface area (Å²) in [4.78, 5) is 9.28. The van der Waals surface area contributed by atoms with Crippen molar-refractivity contribution in [3.05, 3.63) is 119 Å². The van der Waals surface area contributed by atoms with E-state index < -0.39 is 0 Å². The summed E-state index contributed by atoms with van der Waals surface area (Å²) in [5, 5.41) is 4.28. The van der Waals surface area contributed by atoms with Crippen molar-refractivity contribution < 1.29 is 18.0 Å². The fourth-order valence-corrected chi connectivity index (χ4v) is 6.75. The second kappa shape index (κ2) is 10.1. The lowest BCUT2D eigenvalue weighted by molar-refractivity contribution is -0.661. The molecule has 0 aliphatic carbocycles. The van der Waals surface area contributed by atoms with Crippen LogP contribution >= 0.6 is 0 Å². The predicted molar refractivity (Wildman–Crippen MR) is 178 cm³/mol. The summed E-state index contributed by atoms with van der Waals surface area (Å²) in [6.07, 6.45) is 5.26. The average Bonchev–Trinajstić information content (AvgIpc) is 3.55. The van der Waals surface area contributed by atoms with Gasteiger partial charge in [0.05, 0.1) is 11.1 Å². The zero-order valence-electron chi connectivity index (χ0n) is 26.4. The van der Waals surface area contributed by atoms with Crippen LogP contribution in [0.1, 0.15) is 33.6 Å². The van der Waals surface area contributed by atoms with Crippen molar-refractivity contribution in [1.82, 2.24) is 9.97 Å². The Hall–Kier alpha value is -5.36. The van der Waals surface area contributed by atoms with Gasteiger partial charge in [-0.2, -0.15) is 0 Å². The number of furan rings is 2. The maximum absolute atomic E-state index is 6.36. The molecule has 6 nitrogen and oxygen atoms in total. The standard InChI is InChI=1S/C39H34N4O2/c1-22-7-13-28-30-15-9-24(3)40-38(30)44-36(28)34(22)32-17-11-26(20-42(32)5)19-27-12-18-33(43(6)21-27)35-23(2)8-14-29-31-16-10-25(4)41-39(31)45-37(29)35/h7-18,20-21H,19H2,1-6H3/q+2. The van der Waals surface area contributed by atoms with E-state index >= 15 is 0 Å². The molecule has 6 heterocycles. The molecule has 6 aromatic heterocycles. The molecule has 8 aromatic rings. The van der Waals surface area contributed by atoms with Gasteiger partial charge in [-0.25, -0.2) is 19.1 Å². The third-order valence-corrected chi connectivity index (χ3v) is 9.02. The molecule has 0 fully saturated rings. The first-order chi connectivity index (χ1) is 21.7. The van der Waals surface area contributed by atoms with E-state index in [1.807, 2.05) is 26.0 Å². The molecule has 0 radical (unpaired) electrons. The number of fused-ring (bicyclic) bond motifs is 6. The van der Waals surface area contributed by atoms with Gasteiger partial charge in [0.25, 0.3) is 0 Å². The van der Waals surface area contributed by atoms with Crippen LogP contribution < -0.4 is 9.13 Å². The number of aryl methyl sites for hydroxylation is 6. The number of nitrogens with zero attached hydrogens (tertiary/aromatic N) is 4. The van der Waals surface area contributed by atoms with Gasteiger partial charge in [-0.1, -0.05) is 24.3 Å². The lowest BCUT2D eigenvalue weighted by Gasteiger charge is -2.08. The lowest BCUT2D eigenvalue weighted by atomic mass is 9.99. The van der Waals surface area contributed by atoms with E-state index in [-0.39, 0.29) is 0 Å². The monoisotopic (exact) mass is 590 g/mol. The summed E-state index contributed by atoms with van der Waals surface area (Å²) in [5.41, 5.74) is 14.3. The molecular weight excluding hydrogens is 556 g/mol. The molecule has 8 rings (SSSR count). The Balaban J connectivity index is 1.14. The summed E-state index contributed by atoms with van der Waals surface area (Å²) >= 11 is 0. The van der Waals surface area contributed by atoms with Crippen LogP contribution in [0, 0.1) is 27.7 Å². The van der Waals surface area contributed by atoms with Crippen LogP contribution in [-0.4, -0.2) is 9.97 Å². The highest BCUT2D eigenvalue weighted by Gasteiger charge is 2.23. The van der Waals surface area contributed by atoms with Gasteiger partial charge in [0.2, 0.25) is 22.8 Å². The first kappa shape index (κ1) is 27.2. The van der Waals surface area contributed by atoms with Crippen LogP contribution in [0.15, 0.2) is 94.0 Å². The van der Waals surface area contributed by atoms with Crippen LogP contribution in [0.2, 0.25) is 0 Å². The minimum Gasteiger partial charge on any atom is -0.437 e. The van der Waals surface area contributed by atoms with Crippen molar-refractivity contribution in [1.29, 1.82) is 0 Å². The van der Waals surface area contributed by atoms with Crippen LogP contribution in [0.5, 0.6) is 0 Å². The number of benzene rings is 2. The summed E-state index contributed by atoms with van der Waals surface area (Å²) in [5.74, 6) is 0. The topological polar surface area (TPSA) is 59.8 Å². The molecule has 0 spiro atoms. The first-order valence-electron chi connectivity index (χ1n) is 15.3. The first-order valence-corrected chi connectivity index (χ1v) is 15.3. The Morgan fingerprint density at radius 1 is 0.511 bits per heavy atom. The van der Waals surface area contributed by atoms with E-state index in [1.54, 1.807) is 0 Å². The van der Waals surface area contributed by atoms with E-state index in [9.17, 15) is 0 Å². The summed E-state index contributed by atoms with van der Waals surface area (Å²) in [7, 11) is 4.22. The second-order valence-electron chi connectivity index (χ2n) is 12.3. The second-order valence-corrected chi connectivity index (χ2v) is 12.3. The molecule has 0 bridgehead atoms. The molecule has 6 heteroatoms. The molecule has 220 valence electrons. The normalized spacial score (nSPS) is 11.9. The van der Waals surface area contributed by atoms with Gasteiger partial charge in [-0.05, 0) is 75.2 Å². The largest absolute Gasteiger partial charge is 0.437 e. The highest BCUT2D eigenvalue weighted by Crippen LogP contribution is 2.38. The molecule has 0 atom stereocenters. The molecule has 45 heavy (non-hydrogen) atoms. The number of aromatic nitrogens is 4. The fraction of sp³-hybridized carbons (Fsp3) is 0.179. The van der Waals surface area contributed by atoms with Crippen molar-refractivity contribution in [3.63, 3.8) is 0 Å². The van der Waals surface area contributed by atoms with Crippen LogP contribution in [0.25, 0.3) is 66.7 Å². The minimum absolute atomic E-state index is 0.686. The molecule has 0 unspecified atom stereocenters. The average molecular weight is 591 g/mol. The Kier molecular flexibility index (Phi) is 6.10. The maximum atomic E-state index is 6.36. The van der Waals surface area contributed by atoms with E-state index in [1.165, 1.54) is 22.3 Å². The fourth-order valence-electron chi connectivity index (χ4n) is 6.75. The highest BCUT2D eigenvalue weighted by molar-refractivity contribution is 6.09. The van der Waals surface area contributed by atoms with Gasteiger partial charge in [0.1, 0.15) is 14.1 Å². The van der Waals surface area contributed by atoms with Crippen molar-refractivity contribution in [2.45, 2.75) is 34.1 Å². The predicted octanol–water partition coefficient (Wildman–Crippen LogP) is 8.08. The van der Waals surface area contributed by atoms with Crippen LogP contribution in [-0.2, 0) is 20.5 Å². The van der Waals surface area contributed by atoms with Crippen molar-refractivity contribution in [2.24, 2.45) is 14.1 Å². The van der Waals surface area contributed by atoms with E-state index in [0.29, 0.717) is 11.4 Å². The maximum Gasteiger partial charge on any atom is 0.227 e. The molecule has 0 saturated heterocycles. The highest BCUT2D eigenvalue weighted by atomic mass is 16.3. The third-order valence-electron chi connectivity index (χ3n) is 9.02. The molecule has 0 aliphatic heterocycles. The van der Waals surface area contributed by atoms with Gasteiger partial charge < -0.3 is 8.83 Å². The Bertz CT molecular complexity index is 2310. The summed E-state index contributed by atoms with van der Waals surface area (Å²) in [6.45, 7) is 8.26. The zero-order chi connectivity index (χ0) is 31.0. The molecule has 0 amide bonds. The SMILES string of the molecule is Cc1ccc2c(n1)oc1c(-c3ccc(Cc4ccc(-c5c(C)ccc6c5oc5nc(C)ccc56)[n+](C)c4)c[n+]3C)c(C)ccc12. The summed E-state index contributed by atoms with van der Waals surface area (Å²) in [6, 6.07) is 25.8. The van der Waals surface area contributed by atoms with Crippen LogP contribution in [0.3, 0.4) is 0 Å². The molecule has 0 aliphatic rings. The summed E-state index contributed by atoms with van der Waals surface area (Å²) < 4.78 is 17.1. The van der Waals surface area contributed by atoms with Crippen LogP contribution in [0.4, 0.5) is 0 Å². The van der Waals surface area contributed by atoms with E-state index in [0.717, 1.165) is 73.0 Å². The molecule has 0 saturated carbocycles. The van der Waals surface area contributed by atoms with Gasteiger partial charge in [0, 0.05) is 62.6 Å². The quantitative estimate of drug-likeness (QED) is 0.195. The van der Waals surface area contributed by atoms with Gasteiger partial charge in [-0.15, -0.1) is 0 Å².